The molecule has 2 rings (SSSR count). The highest BCUT2D eigenvalue weighted by Crippen LogP contribution is 2.21. The molecular formula is C9H7ClN2OS. The first kappa shape index (κ1) is 9.43. The average Bonchev–Trinajstić information content (AvgIpc) is 2.69. The predicted molar refractivity (Wildman–Crippen MR) is 55.7 cm³/mol. The van der Waals surface area contributed by atoms with Crippen molar-refractivity contribution >= 4 is 22.9 Å². The highest BCUT2D eigenvalue weighted by molar-refractivity contribution is 7.09. The van der Waals surface area contributed by atoms with E-state index in [1.807, 2.05) is 5.38 Å². The molecule has 3 nitrogen and oxygen atoms in total. The van der Waals surface area contributed by atoms with Crippen molar-refractivity contribution in [2.45, 2.75) is 6.61 Å². The van der Waals surface area contributed by atoms with Crippen LogP contribution in [-0.2, 0) is 6.61 Å². The minimum absolute atomic E-state index is 0.379. The molecule has 0 unspecified atom stereocenters. The second kappa shape index (κ2) is 4.39. The van der Waals surface area contributed by atoms with Gasteiger partial charge in [-0.2, -0.15) is 0 Å². The largest absolute Gasteiger partial charge is 0.483 e. The zero-order valence-corrected chi connectivity index (χ0v) is 8.76. The number of pyridine rings is 1. The second-order valence-electron chi connectivity index (χ2n) is 2.51. The number of nitrogens with zero attached hydrogens (tertiary/aromatic N) is 2. The van der Waals surface area contributed by atoms with Crippen LogP contribution in [-0.4, -0.2) is 9.97 Å². The predicted octanol–water partition coefficient (Wildman–Crippen LogP) is 2.77. The van der Waals surface area contributed by atoms with Crippen LogP contribution < -0.4 is 4.74 Å². The fraction of sp³-hybridized carbons (Fsp3) is 0.111. The van der Waals surface area contributed by atoms with E-state index in [0.717, 1.165) is 5.01 Å². The van der Waals surface area contributed by atoms with Gasteiger partial charge in [0.1, 0.15) is 11.6 Å². The molecular weight excluding hydrogens is 220 g/mol. The maximum Gasteiger partial charge on any atom is 0.171 e. The topological polar surface area (TPSA) is 35.0 Å². The van der Waals surface area contributed by atoms with Crippen molar-refractivity contribution < 1.29 is 4.74 Å². The Bertz CT molecular complexity index is 405. The Morgan fingerprint density at radius 3 is 3.00 bits per heavy atom. The van der Waals surface area contributed by atoms with E-state index in [0.29, 0.717) is 17.5 Å². The summed E-state index contributed by atoms with van der Waals surface area (Å²) >= 11 is 7.36. The Labute approximate surface area is 90.3 Å². The van der Waals surface area contributed by atoms with E-state index in [2.05, 4.69) is 9.97 Å². The third kappa shape index (κ3) is 2.21. The molecule has 0 fully saturated rings. The van der Waals surface area contributed by atoms with E-state index >= 15 is 0 Å². The van der Waals surface area contributed by atoms with Crippen LogP contribution >= 0.6 is 22.9 Å². The maximum absolute atomic E-state index is 5.81. The number of halogens is 1. The van der Waals surface area contributed by atoms with Crippen LogP contribution in [0.1, 0.15) is 5.01 Å². The molecule has 0 saturated heterocycles. The molecule has 0 aliphatic rings. The zero-order chi connectivity index (χ0) is 9.80. The Balaban J connectivity index is 2.02. The van der Waals surface area contributed by atoms with Crippen molar-refractivity contribution in [2.24, 2.45) is 0 Å². The number of hydrogen-bond donors (Lipinski definition) is 0. The molecule has 5 heteroatoms. The summed E-state index contributed by atoms with van der Waals surface area (Å²) in [6, 6.07) is 3.56. The van der Waals surface area contributed by atoms with Crippen LogP contribution in [0.5, 0.6) is 5.75 Å². The van der Waals surface area contributed by atoms with Crippen LogP contribution in [0, 0.1) is 0 Å². The molecule has 72 valence electrons. The van der Waals surface area contributed by atoms with Gasteiger partial charge < -0.3 is 4.74 Å². The van der Waals surface area contributed by atoms with Gasteiger partial charge in [0, 0.05) is 17.8 Å². The summed E-state index contributed by atoms with van der Waals surface area (Å²) in [5.74, 6) is 0.587. The second-order valence-corrected chi connectivity index (χ2v) is 3.84. The minimum Gasteiger partial charge on any atom is -0.483 e. The fourth-order valence-corrected chi connectivity index (χ4v) is 1.64. The summed E-state index contributed by atoms with van der Waals surface area (Å²) in [6.45, 7) is 0.434. The summed E-state index contributed by atoms with van der Waals surface area (Å²) < 4.78 is 5.43. The van der Waals surface area contributed by atoms with Gasteiger partial charge in [-0.1, -0.05) is 11.6 Å². The lowest BCUT2D eigenvalue weighted by Gasteiger charge is -2.04. The van der Waals surface area contributed by atoms with Crippen LogP contribution in [0.4, 0.5) is 0 Å². The summed E-state index contributed by atoms with van der Waals surface area (Å²) in [6.07, 6.45) is 3.37. The maximum atomic E-state index is 5.81. The molecule has 0 N–H and O–H groups in total. The van der Waals surface area contributed by atoms with E-state index in [1.54, 1.807) is 35.9 Å². The smallest absolute Gasteiger partial charge is 0.171 e. The number of thiazole rings is 1. The van der Waals surface area contributed by atoms with Gasteiger partial charge >= 0.3 is 0 Å². The quantitative estimate of drug-likeness (QED) is 0.755. The standard InChI is InChI=1S/C9H7ClN2OS/c10-9-7(2-1-3-12-9)13-6-8-11-4-5-14-8/h1-5H,6H2. The first-order valence-corrected chi connectivity index (χ1v) is 5.24. The van der Waals surface area contributed by atoms with Crippen molar-refractivity contribution in [3.8, 4) is 5.75 Å². The lowest BCUT2D eigenvalue weighted by molar-refractivity contribution is 0.304. The third-order valence-corrected chi connectivity index (χ3v) is 2.60. The molecule has 0 radical (unpaired) electrons. The first-order valence-electron chi connectivity index (χ1n) is 3.98. The molecule has 0 aromatic carbocycles. The van der Waals surface area contributed by atoms with Gasteiger partial charge in [0.2, 0.25) is 0 Å². The molecule has 2 aromatic rings. The zero-order valence-electron chi connectivity index (χ0n) is 7.18. The summed E-state index contributed by atoms with van der Waals surface area (Å²) in [5.41, 5.74) is 0. The van der Waals surface area contributed by atoms with Gasteiger partial charge in [0.25, 0.3) is 0 Å². The van der Waals surface area contributed by atoms with E-state index in [9.17, 15) is 0 Å². The summed E-state index contributed by atoms with van der Waals surface area (Å²) in [5, 5.41) is 3.21. The summed E-state index contributed by atoms with van der Waals surface area (Å²) in [7, 11) is 0. The molecule has 0 saturated carbocycles. The first-order chi connectivity index (χ1) is 6.86. The van der Waals surface area contributed by atoms with Gasteiger partial charge in [0.15, 0.2) is 10.9 Å². The van der Waals surface area contributed by atoms with E-state index in [4.69, 9.17) is 16.3 Å². The Kier molecular flexibility index (Phi) is 2.96. The van der Waals surface area contributed by atoms with Crippen LogP contribution in [0.15, 0.2) is 29.9 Å². The van der Waals surface area contributed by atoms with Crippen molar-refractivity contribution in [1.82, 2.24) is 9.97 Å². The molecule has 0 aliphatic heterocycles. The van der Waals surface area contributed by atoms with Crippen LogP contribution in [0.2, 0.25) is 5.15 Å². The van der Waals surface area contributed by atoms with Crippen molar-refractivity contribution in [2.75, 3.05) is 0 Å². The van der Waals surface area contributed by atoms with E-state index in [1.165, 1.54) is 0 Å². The highest BCUT2D eigenvalue weighted by Gasteiger charge is 2.02. The molecule has 0 aliphatic carbocycles. The highest BCUT2D eigenvalue weighted by atomic mass is 35.5. The number of hydrogen-bond acceptors (Lipinski definition) is 4. The Morgan fingerprint density at radius 2 is 2.29 bits per heavy atom. The van der Waals surface area contributed by atoms with Crippen molar-refractivity contribution in [3.05, 3.63) is 40.1 Å². The molecule has 2 heterocycles. The molecule has 0 atom stereocenters. The molecule has 0 amide bonds. The number of ether oxygens (including phenoxy) is 1. The minimum atomic E-state index is 0.379. The van der Waals surface area contributed by atoms with Gasteiger partial charge in [-0.3, -0.25) is 0 Å². The van der Waals surface area contributed by atoms with Crippen LogP contribution in [0.3, 0.4) is 0 Å². The fourth-order valence-electron chi connectivity index (χ4n) is 0.943. The van der Waals surface area contributed by atoms with Gasteiger partial charge in [0.05, 0.1) is 0 Å². The van der Waals surface area contributed by atoms with Gasteiger partial charge in [-0.25, -0.2) is 9.97 Å². The summed E-state index contributed by atoms with van der Waals surface area (Å²) in [4.78, 5) is 7.99. The van der Waals surface area contributed by atoms with Gasteiger partial charge in [-0.15, -0.1) is 11.3 Å². The third-order valence-electron chi connectivity index (χ3n) is 1.56. The number of rotatable bonds is 3. The Hall–Kier alpha value is -1.13. The number of aromatic nitrogens is 2. The molecule has 0 bridgehead atoms. The molecule has 0 spiro atoms. The Morgan fingerprint density at radius 1 is 1.36 bits per heavy atom. The molecule has 2 aromatic heterocycles. The van der Waals surface area contributed by atoms with Crippen LogP contribution in [0.25, 0.3) is 0 Å². The lowest BCUT2D eigenvalue weighted by Crippen LogP contribution is -1.95. The van der Waals surface area contributed by atoms with Crippen molar-refractivity contribution in [1.29, 1.82) is 0 Å². The molecule has 14 heavy (non-hydrogen) atoms. The SMILES string of the molecule is Clc1ncccc1OCc1nccs1. The van der Waals surface area contributed by atoms with E-state index < -0.39 is 0 Å². The average molecular weight is 227 g/mol. The lowest BCUT2D eigenvalue weighted by atomic mass is 10.5. The van der Waals surface area contributed by atoms with E-state index in [-0.39, 0.29) is 0 Å². The van der Waals surface area contributed by atoms with Gasteiger partial charge in [-0.05, 0) is 12.1 Å². The normalized spacial score (nSPS) is 10.1. The van der Waals surface area contributed by atoms with Crippen molar-refractivity contribution in [3.63, 3.8) is 0 Å². The monoisotopic (exact) mass is 226 g/mol.